The normalized spacial score (nSPS) is 36.1. The summed E-state index contributed by atoms with van der Waals surface area (Å²) in [5, 5.41) is 0. The van der Waals surface area contributed by atoms with E-state index in [-0.39, 0.29) is 10.8 Å². The van der Waals surface area contributed by atoms with Crippen LogP contribution in [-0.4, -0.2) is 137 Å². The fourth-order valence-corrected chi connectivity index (χ4v) is 25.2. The highest BCUT2D eigenvalue weighted by molar-refractivity contribution is 5.69. The molecular formula is C93H126N12. The van der Waals surface area contributed by atoms with E-state index < -0.39 is 0 Å². The first kappa shape index (κ1) is 71.9. The van der Waals surface area contributed by atoms with Crippen molar-refractivity contribution in [3.05, 3.63) is 234 Å². The fourth-order valence-electron chi connectivity index (χ4n) is 25.2. The monoisotopic (exact) mass is 1410 g/mol. The minimum absolute atomic E-state index is 0.252. The summed E-state index contributed by atoms with van der Waals surface area (Å²) < 4.78 is 13.8. The second-order valence-corrected chi connectivity index (χ2v) is 36.2. The van der Waals surface area contributed by atoms with E-state index in [1.807, 2.05) is 0 Å². The molecule has 12 fully saturated rings. The molecule has 105 heavy (non-hydrogen) atoms. The van der Waals surface area contributed by atoms with Gasteiger partial charge in [0.05, 0.1) is 0 Å². The molecule has 18 unspecified atom stereocenters. The molecule has 0 spiro atoms. The van der Waals surface area contributed by atoms with Gasteiger partial charge in [-0.2, -0.15) is 0 Å². The van der Waals surface area contributed by atoms with E-state index in [2.05, 4.69) is 358 Å². The Balaban J connectivity index is 0.0000000970. The van der Waals surface area contributed by atoms with E-state index >= 15 is 0 Å². The van der Waals surface area contributed by atoms with Gasteiger partial charge in [0.1, 0.15) is 0 Å². The third-order valence-corrected chi connectivity index (χ3v) is 30.6. The van der Waals surface area contributed by atoms with E-state index in [1.54, 1.807) is 5.56 Å². The number of rotatable bonds is 6. The van der Waals surface area contributed by atoms with Gasteiger partial charge >= 0.3 is 0 Å². The Morgan fingerprint density at radius 3 is 1.26 bits per heavy atom. The summed E-state index contributed by atoms with van der Waals surface area (Å²) in [5.41, 5.74) is 19.5. The number of benzene rings is 3. The maximum absolute atomic E-state index is 2.71. The van der Waals surface area contributed by atoms with Crippen LogP contribution in [0.15, 0.2) is 183 Å². The molecule has 18 atom stereocenters. The second-order valence-electron chi connectivity index (χ2n) is 36.2. The van der Waals surface area contributed by atoms with E-state index in [1.165, 1.54) is 153 Å². The lowest BCUT2D eigenvalue weighted by atomic mass is 9.59. The molecule has 0 N–H and O–H groups in total. The van der Waals surface area contributed by atoms with Crippen LogP contribution in [0, 0.1) is 16.7 Å². The molecule has 12 nitrogen and oxygen atoms in total. The zero-order chi connectivity index (χ0) is 73.3. The van der Waals surface area contributed by atoms with Crippen LogP contribution >= 0.6 is 0 Å². The van der Waals surface area contributed by atoms with Gasteiger partial charge < -0.3 is 42.1 Å². The third-order valence-electron chi connectivity index (χ3n) is 30.6. The van der Waals surface area contributed by atoms with Gasteiger partial charge in [0.25, 0.3) is 0 Å². The Bertz CT molecular complexity index is 4490. The summed E-state index contributed by atoms with van der Waals surface area (Å²) in [6.07, 6.45) is 22.6. The Morgan fingerprint density at radius 2 is 0.762 bits per heavy atom. The van der Waals surface area contributed by atoms with Gasteiger partial charge in [-0.1, -0.05) is 82.3 Å². The molecule has 9 aromatic rings. The van der Waals surface area contributed by atoms with Crippen molar-refractivity contribution in [2.75, 3.05) is 67.1 Å². The van der Waals surface area contributed by atoms with Gasteiger partial charge in [-0.3, -0.25) is 14.7 Å². The summed E-state index contributed by atoms with van der Waals surface area (Å²) in [5.74, 6) is 5.59. The molecule has 16 aliphatic heterocycles. The van der Waals surface area contributed by atoms with Crippen molar-refractivity contribution >= 4 is 17.1 Å². The predicted octanol–water partition coefficient (Wildman–Crippen LogP) is 17.9. The Kier molecular flexibility index (Phi) is 18.9. The zero-order valence-electron chi connectivity index (χ0n) is 67.0. The quantitative estimate of drug-likeness (QED) is 0.165. The first-order chi connectivity index (χ1) is 50.4. The summed E-state index contributed by atoms with van der Waals surface area (Å²) in [6.45, 7) is 36.8. The molecule has 22 heterocycles. The predicted molar refractivity (Wildman–Crippen MR) is 436 cm³/mol. The van der Waals surface area contributed by atoms with Gasteiger partial charge in [0.15, 0.2) is 0 Å². The van der Waals surface area contributed by atoms with E-state index in [0.29, 0.717) is 70.6 Å². The molecule has 0 aliphatic carbocycles. The number of hydrogen-bond acceptors (Lipinski definition) is 6. The maximum Gasteiger partial charge on any atom is 0.0408 e. The number of piperidine rings is 10. The maximum atomic E-state index is 2.71. The summed E-state index contributed by atoms with van der Waals surface area (Å²) in [7, 11) is 13.1. The molecule has 12 saturated heterocycles. The second kappa shape index (κ2) is 27.7. The van der Waals surface area contributed by atoms with Crippen LogP contribution < -0.4 is 14.7 Å². The van der Waals surface area contributed by atoms with Crippen molar-refractivity contribution in [3.8, 4) is 0 Å². The Labute approximate surface area is 631 Å². The SMILES string of the molecule is CC1C(c2cccn2C)C2(C)CCN1CC2.CC1C(c2cccn2C)C2(C)CCN1c1ccccc12.CC1C(c2cccn2C)C2(C)CN1c1ccccc12.CC1C(c2cccn2C)C2CCN1CC2.CC1C(c2cccn2C)C2CN1c1ccccc12.CC1CC2(C)CCN1C(C)C2c1cccn1C. The van der Waals surface area contributed by atoms with Crippen molar-refractivity contribution in [3.63, 3.8) is 0 Å². The highest BCUT2D eigenvalue weighted by Crippen LogP contribution is 2.61. The average molecular weight is 1410 g/mol. The summed E-state index contributed by atoms with van der Waals surface area (Å²) in [4.78, 5) is 15.8. The van der Waals surface area contributed by atoms with Crippen LogP contribution in [-0.2, 0) is 53.1 Å². The van der Waals surface area contributed by atoms with Crippen molar-refractivity contribution in [2.24, 2.45) is 59.0 Å². The standard InChI is InChI=1S/C18H22N2.C17H20N2.C16H18N2.C15H24N2.C14H22N2.C13H20N2/c1-13-17(16-9-6-11-19(16)3)18(2)10-12-20(13)15-8-5-4-7-14(15)18;1-12-16(15-9-6-10-18(15)3)17(2)11-19(12)14-8-5-4-7-13(14)17;1-11-16(15-8-5-9-17(15)2)13-10-18(11)14-7-4-3-6-12(13)14;1-11-10-15(3)7-9-17(11)12(2)14(15)13-6-5-8-16(13)4;1-11-13(12-5-4-8-15(12)3)14(2)6-9-16(11)10-7-14;1-10-13(12-4-3-7-14(12)2)11-5-8-15(10)9-6-11/h4-9,11,13,17H,10,12H2,1-3H3;4-10,12,16H,11H2,1-3H3;3-9,11,13,16H,10H2,1-2H3;5-6,8,11-12,14H,7,9-10H2,1-4H3;4-5,8,11,13H,6-7,9-10H2,1-3H3;3-4,7,10-11,13H,5-6,8-9H2,1-2H3. The Morgan fingerprint density at radius 1 is 0.333 bits per heavy atom. The van der Waals surface area contributed by atoms with Crippen LogP contribution in [0.4, 0.5) is 17.1 Å². The molecule has 558 valence electrons. The summed E-state index contributed by atoms with van der Waals surface area (Å²) >= 11 is 0. The molecule has 6 aromatic heterocycles. The first-order valence-electron chi connectivity index (χ1n) is 40.9. The minimum Gasteiger partial charge on any atom is -0.368 e. The van der Waals surface area contributed by atoms with Crippen LogP contribution in [0.25, 0.3) is 0 Å². The highest BCUT2D eigenvalue weighted by atomic mass is 15.3. The van der Waals surface area contributed by atoms with Crippen molar-refractivity contribution in [2.45, 2.75) is 216 Å². The largest absolute Gasteiger partial charge is 0.368 e. The van der Waals surface area contributed by atoms with Gasteiger partial charge in [-0.25, -0.2) is 0 Å². The lowest BCUT2D eigenvalue weighted by Gasteiger charge is -2.59. The number of para-hydroxylation sites is 3. The topological polar surface area (TPSA) is 49.0 Å². The van der Waals surface area contributed by atoms with Crippen LogP contribution in [0.3, 0.4) is 0 Å². The van der Waals surface area contributed by atoms with Crippen LogP contribution in [0.2, 0.25) is 0 Å². The number of aromatic nitrogens is 6. The molecular weight excluding hydrogens is 1290 g/mol. The number of hydrogen-bond donors (Lipinski definition) is 0. The van der Waals surface area contributed by atoms with Gasteiger partial charge in [0.2, 0.25) is 0 Å². The van der Waals surface area contributed by atoms with Crippen LogP contribution in [0.1, 0.15) is 213 Å². The van der Waals surface area contributed by atoms with Gasteiger partial charge in [0, 0.05) is 245 Å². The van der Waals surface area contributed by atoms with Gasteiger partial charge in [-0.05, 0) is 251 Å². The number of anilines is 3. The molecule has 3 aromatic carbocycles. The lowest BCUT2D eigenvalue weighted by molar-refractivity contribution is -0.0642. The molecule has 12 heteroatoms. The van der Waals surface area contributed by atoms with E-state index in [4.69, 9.17) is 0 Å². The summed E-state index contributed by atoms with van der Waals surface area (Å²) in [6, 6.07) is 58.4. The average Bonchev–Trinajstić information content (AvgIpc) is 1.63. The Hall–Kier alpha value is -7.38. The molecule has 0 radical (unpaired) electrons. The number of nitrogens with zero attached hydrogens (tertiary/aromatic N) is 12. The van der Waals surface area contributed by atoms with Gasteiger partial charge in [-0.15, -0.1) is 0 Å². The molecule has 0 saturated carbocycles. The zero-order valence-corrected chi connectivity index (χ0v) is 67.0. The van der Waals surface area contributed by atoms with E-state index in [9.17, 15) is 0 Å². The first-order valence-corrected chi connectivity index (χ1v) is 40.9. The molecule has 0 amide bonds. The van der Waals surface area contributed by atoms with Crippen molar-refractivity contribution < 1.29 is 0 Å². The number of fused-ring (bicyclic) bond motifs is 21. The highest BCUT2D eigenvalue weighted by Gasteiger charge is 2.58. The lowest BCUT2D eigenvalue weighted by Crippen LogP contribution is -2.60. The third kappa shape index (κ3) is 11.9. The minimum atomic E-state index is 0.252. The molecule has 12 bridgehead atoms. The van der Waals surface area contributed by atoms with Crippen molar-refractivity contribution in [1.29, 1.82) is 0 Å². The smallest absolute Gasteiger partial charge is 0.0408 e. The van der Waals surface area contributed by atoms with Crippen molar-refractivity contribution in [1.82, 2.24) is 42.1 Å². The fraction of sp³-hybridized carbons (Fsp3) is 0.548. The molecule has 25 rings (SSSR count). The molecule has 16 aliphatic rings. The number of aryl methyl sites for hydroxylation is 6. The van der Waals surface area contributed by atoms with E-state index in [0.717, 1.165) is 36.4 Å². The van der Waals surface area contributed by atoms with Crippen LogP contribution in [0.5, 0.6) is 0 Å².